The molecule has 1 aliphatic heterocycles. The lowest BCUT2D eigenvalue weighted by Crippen LogP contribution is -2.26. The Balaban J connectivity index is 1.44. The third-order valence-corrected chi connectivity index (χ3v) is 5.97. The summed E-state index contributed by atoms with van der Waals surface area (Å²) in [7, 11) is 1.38. The van der Waals surface area contributed by atoms with Crippen molar-refractivity contribution in [3.05, 3.63) is 83.1 Å². The predicted molar refractivity (Wildman–Crippen MR) is 121 cm³/mol. The smallest absolute Gasteiger partial charge is 0.330 e. The molecule has 160 valence electrons. The molecule has 1 atom stereocenters. The molecule has 0 N–H and O–H groups in total. The fourth-order valence-electron chi connectivity index (χ4n) is 4.29. The van der Waals surface area contributed by atoms with E-state index < -0.39 is 0 Å². The van der Waals surface area contributed by atoms with Gasteiger partial charge in [-0.15, -0.1) is 0 Å². The summed E-state index contributed by atoms with van der Waals surface area (Å²) in [5.74, 6) is 0.542. The maximum Gasteiger partial charge on any atom is 0.330 e. The Labute approximate surface area is 183 Å². The Morgan fingerprint density at radius 1 is 1.19 bits per heavy atom. The van der Waals surface area contributed by atoms with Gasteiger partial charge >= 0.3 is 5.97 Å². The Kier molecular flexibility index (Phi) is 6.63. The standard InChI is InChI=1S/C26H28N2O3/c1-19-23(26(31-27-19)22-7-4-3-5-8-22)16-18-28-17-6-9-24(28)21-13-10-20(11-14-21)12-15-25(29)30-2/h3-5,7-8,10-15,24H,6,9,16-18H2,1-2H3/b15-12+/t24-/m0/s1. The van der Waals surface area contributed by atoms with Gasteiger partial charge in [-0.25, -0.2) is 4.79 Å². The monoisotopic (exact) mass is 416 g/mol. The number of esters is 1. The van der Waals surface area contributed by atoms with E-state index in [1.165, 1.54) is 30.7 Å². The summed E-state index contributed by atoms with van der Waals surface area (Å²) in [6, 6.07) is 19.1. The lowest BCUT2D eigenvalue weighted by atomic mass is 10.0. The van der Waals surface area contributed by atoms with E-state index in [9.17, 15) is 4.79 Å². The first-order chi connectivity index (χ1) is 15.2. The van der Waals surface area contributed by atoms with Crippen molar-refractivity contribution in [2.75, 3.05) is 20.2 Å². The third kappa shape index (κ3) is 4.94. The SMILES string of the molecule is COC(=O)/C=C/c1ccc([C@@H]2CCCN2CCc2c(C)noc2-c2ccccc2)cc1. The van der Waals surface area contributed by atoms with Gasteiger partial charge < -0.3 is 9.26 Å². The van der Waals surface area contributed by atoms with Crippen LogP contribution in [0.2, 0.25) is 0 Å². The van der Waals surface area contributed by atoms with E-state index in [0.717, 1.165) is 48.5 Å². The molecule has 0 unspecified atom stereocenters. The molecular formula is C26H28N2O3. The van der Waals surface area contributed by atoms with E-state index in [2.05, 4.69) is 51.2 Å². The van der Waals surface area contributed by atoms with E-state index in [1.807, 2.05) is 25.1 Å². The van der Waals surface area contributed by atoms with Crippen LogP contribution in [0.1, 0.15) is 41.3 Å². The molecule has 0 amide bonds. The fourth-order valence-corrected chi connectivity index (χ4v) is 4.29. The van der Waals surface area contributed by atoms with Crippen molar-refractivity contribution in [2.45, 2.75) is 32.2 Å². The summed E-state index contributed by atoms with van der Waals surface area (Å²) in [4.78, 5) is 13.8. The Hall–Kier alpha value is -3.18. The highest BCUT2D eigenvalue weighted by molar-refractivity contribution is 5.86. The van der Waals surface area contributed by atoms with Crippen molar-refractivity contribution >= 4 is 12.0 Å². The van der Waals surface area contributed by atoms with Crippen LogP contribution in [-0.2, 0) is 16.0 Å². The minimum absolute atomic E-state index is 0.343. The normalized spacial score (nSPS) is 16.8. The Bertz CT molecular complexity index is 1040. The maximum absolute atomic E-state index is 11.3. The summed E-state index contributed by atoms with van der Waals surface area (Å²) in [5, 5.41) is 4.23. The summed E-state index contributed by atoms with van der Waals surface area (Å²) in [5.41, 5.74) is 5.55. The second kappa shape index (κ2) is 9.75. The van der Waals surface area contributed by atoms with Gasteiger partial charge in [0.1, 0.15) is 0 Å². The van der Waals surface area contributed by atoms with Gasteiger partial charge in [0.2, 0.25) is 0 Å². The van der Waals surface area contributed by atoms with Gasteiger partial charge in [0.25, 0.3) is 0 Å². The van der Waals surface area contributed by atoms with E-state index >= 15 is 0 Å². The number of ether oxygens (including phenoxy) is 1. The van der Waals surface area contributed by atoms with Gasteiger partial charge in [-0.3, -0.25) is 4.90 Å². The Morgan fingerprint density at radius 3 is 2.71 bits per heavy atom. The number of methoxy groups -OCH3 is 1. The van der Waals surface area contributed by atoms with Crippen LogP contribution in [0.25, 0.3) is 17.4 Å². The first kappa shape index (κ1) is 21.1. The number of benzene rings is 2. The zero-order valence-electron chi connectivity index (χ0n) is 18.1. The van der Waals surface area contributed by atoms with Gasteiger partial charge in [0, 0.05) is 29.8 Å². The molecule has 1 fully saturated rings. The topological polar surface area (TPSA) is 55.6 Å². The second-order valence-electron chi connectivity index (χ2n) is 7.91. The molecule has 0 saturated carbocycles. The van der Waals surface area contributed by atoms with Crippen molar-refractivity contribution in [1.82, 2.24) is 10.1 Å². The molecule has 1 aromatic heterocycles. The molecule has 1 saturated heterocycles. The molecule has 0 spiro atoms. The average Bonchev–Trinajstić information content (AvgIpc) is 3.43. The van der Waals surface area contributed by atoms with Crippen LogP contribution in [0, 0.1) is 6.92 Å². The number of aryl methyl sites for hydroxylation is 1. The number of rotatable bonds is 7. The van der Waals surface area contributed by atoms with E-state index in [1.54, 1.807) is 6.08 Å². The molecule has 2 aromatic carbocycles. The predicted octanol–water partition coefficient (Wildman–Crippen LogP) is 5.22. The van der Waals surface area contributed by atoms with E-state index in [-0.39, 0.29) is 5.97 Å². The van der Waals surface area contributed by atoms with Gasteiger partial charge in [0.05, 0.1) is 12.8 Å². The summed E-state index contributed by atoms with van der Waals surface area (Å²) in [6.07, 6.45) is 6.49. The summed E-state index contributed by atoms with van der Waals surface area (Å²) < 4.78 is 10.3. The number of carbonyl (C=O) groups excluding carboxylic acids is 1. The Morgan fingerprint density at radius 2 is 1.97 bits per heavy atom. The zero-order valence-corrected chi connectivity index (χ0v) is 18.1. The molecule has 0 aliphatic carbocycles. The number of likely N-dealkylation sites (tertiary alicyclic amines) is 1. The van der Waals surface area contributed by atoms with Crippen molar-refractivity contribution in [1.29, 1.82) is 0 Å². The lowest BCUT2D eigenvalue weighted by Gasteiger charge is -2.25. The zero-order chi connectivity index (χ0) is 21.6. The number of hydrogen-bond donors (Lipinski definition) is 0. The quantitative estimate of drug-likeness (QED) is 0.391. The van der Waals surface area contributed by atoms with Gasteiger partial charge in [-0.05, 0) is 49.9 Å². The van der Waals surface area contributed by atoms with Crippen molar-refractivity contribution in [3.8, 4) is 11.3 Å². The lowest BCUT2D eigenvalue weighted by molar-refractivity contribution is -0.134. The molecule has 4 rings (SSSR count). The van der Waals surface area contributed by atoms with Crippen LogP contribution in [0.15, 0.2) is 65.2 Å². The van der Waals surface area contributed by atoms with Gasteiger partial charge in [-0.1, -0.05) is 59.8 Å². The van der Waals surface area contributed by atoms with E-state index in [0.29, 0.717) is 6.04 Å². The summed E-state index contributed by atoms with van der Waals surface area (Å²) in [6.45, 7) is 4.09. The molecule has 5 nitrogen and oxygen atoms in total. The van der Waals surface area contributed by atoms with Crippen molar-refractivity contribution < 1.29 is 14.1 Å². The van der Waals surface area contributed by atoms with Crippen LogP contribution >= 0.6 is 0 Å². The first-order valence-electron chi connectivity index (χ1n) is 10.8. The van der Waals surface area contributed by atoms with Crippen molar-refractivity contribution in [3.63, 3.8) is 0 Å². The first-order valence-corrected chi connectivity index (χ1v) is 10.8. The molecule has 2 heterocycles. The molecule has 31 heavy (non-hydrogen) atoms. The minimum Gasteiger partial charge on any atom is -0.466 e. The average molecular weight is 417 g/mol. The molecule has 0 radical (unpaired) electrons. The molecular weight excluding hydrogens is 388 g/mol. The minimum atomic E-state index is -0.343. The molecule has 1 aliphatic rings. The summed E-state index contributed by atoms with van der Waals surface area (Å²) >= 11 is 0. The van der Waals surface area contributed by atoms with Crippen LogP contribution in [-0.4, -0.2) is 36.2 Å². The fraction of sp³-hybridized carbons (Fsp3) is 0.308. The van der Waals surface area contributed by atoms with Crippen LogP contribution in [0.5, 0.6) is 0 Å². The van der Waals surface area contributed by atoms with E-state index in [4.69, 9.17) is 4.52 Å². The van der Waals surface area contributed by atoms with Gasteiger partial charge in [-0.2, -0.15) is 0 Å². The molecule has 5 heteroatoms. The highest BCUT2D eigenvalue weighted by Gasteiger charge is 2.26. The number of carbonyl (C=O) groups is 1. The van der Waals surface area contributed by atoms with Gasteiger partial charge in [0.15, 0.2) is 5.76 Å². The largest absolute Gasteiger partial charge is 0.466 e. The number of nitrogens with zero attached hydrogens (tertiary/aromatic N) is 2. The number of hydrogen-bond acceptors (Lipinski definition) is 5. The molecule has 0 bridgehead atoms. The molecule has 3 aromatic rings. The highest BCUT2D eigenvalue weighted by Crippen LogP contribution is 2.33. The van der Waals surface area contributed by atoms with Crippen molar-refractivity contribution in [2.24, 2.45) is 0 Å². The van der Waals surface area contributed by atoms with Crippen LogP contribution in [0.4, 0.5) is 0 Å². The third-order valence-electron chi connectivity index (χ3n) is 5.97. The van der Waals surface area contributed by atoms with Crippen LogP contribution < -0.4 is 0 Å². The van der Waals surface area contributed by atoms with Crippen LogP contribution in [0.3, 0.4) is 0 Å². The maximum atomic E-state index is 11.3. The highest BCUT2D eigenvalue weighted by atomic mass is 16.5. The second-order valence-corrected chi connectivity index (χ2v) is 7.91. The number of aromatic nitrogens is 1.